The van der Waals surface area contributed by atoms with Crippen molar-refractivity contribution in [3.05, 3.63) is 30.6 Å². The highest BCUT2D eigenvalue weighted by Crippen LogP contribution is 2.33. The lowest BCUT2D eigenvalue weighted by atomic mass is 9.94. The third-order valence-electron chi connectivity index (χ3n) is 9.44. The zero-order valence-electron chi connectivity index (χ0n) is 27.8. The van der Waals surface area contributed by atoms with Crippen molar-refractivity contribution in [1.29, 1.82) is 0 Å². The van der Waals surface area contributed by atoms with Crippen molar-refractivity contribution in [3.63, 3.8) is 0 Å². The fourth-order valence-electron chi connectivity index (χ4n) is 6.68. The van der Waals surface area contributed by atoms with Gasteiger partial charge >= 0.3 is 0 Å². The molecular weight excluding hydrogens is 598 g/mol. The summed E-state index contributed by atoms with van der Waals surface area (Å²) < 4.78 is 19.6. The summed E-state index contributed by atoms with van der Waals surface area (Å²) in [5.41, 5.74) is 5.04. The van der Waals surface area contributed by atoms with Crippen LogP contribution in [0.15, 0.2) is 30.6 Å². The highest BCUT2D eigenvalue weighted by atomic mass is 16.8. The van der Waals surface area contributed by atoms with Gasteiger partial charge < -0.3 is 24.4 Å². The van der Waals surface area contributed by atoms with Gasteiger partial charge in [-0.3, -0.25) is 9.36 Å². The van der Waals surface area contributed by atoms with Crippen LogP contribution >= 0.6 is 0 Å². The van der Waals surface area contributed by atoms with Crippen molar-refractivity contribution in [2.75, 3.05) is 37.1 Å². The van der Waals surface area contributed by atoms with Gasteiger partial charge in [0, 0.05) is 44.8 Å². The minimum atomic E-state index is -0.310. The Labute approximate surface area is 277 Å². The molecule has 47 heavy (non-hydrogen) atoms. The van der Waals surface area contributed by atoms with Crippen LogP contribution in [0.25, 0.3) is 11.2 Å². The molecule has 0 spiro atoms. The number of hydroxylamine groups is 1. The first kappa shape index (κ1) is 33.4. The number of hydrogen-bond donors (Lipinski definition) is 2. The summed E-state index contributed by atoms with van der Waals surface area (Å²) in [6, 6.07) is 8.37. The van der Waals surface area contributed by atoms with Crippen LogP contribution in [-0.2, 0) is 19.1 Å². The van der Waals surface area contributed by atoms with Gasteiger partial charge in [0.1, 0.15) is 12.0 Å². The van der Waals surface area contributed by atoms with Crippen LogP contribution < -0.4 is 20.4 Å². The van der Waals surface area contributed by atoms with Gasteiger partial charge in [0.25, 0.3) is 0 Å². The van der Waals surface area contributed by atoms with Gasteiger partial charge in [0.2, 0.25) is 11.9 Å². The van der Waals surface area contributed by atoms with E-state index in [4.69, 9.17) is 34.0 Å². The van der Waals surface area contributed by atoms with E-state index in [0.717, 1.165) is 99.2 Å². The molecule has 256 valence electrons. The summed E-state index contributed by atoms with van der Waals surface area (Å²) >= 11 is 0. The number of carbonyl (C=O) groups excluding carboxylic acids is 1. The Balaban J connectivity index is 0.992. The van der Waals surface area contributed by atoms with Gasteiger partial charge in [-0.1, -0.05) is 32.1 Å². The second kappa shape index (κ2) is 17.1. The van der Waals surface area contributed by atoms with Gasteiger partial charge in [-0.2, -0.15) is 9.97 Å². The van der Waals surface area contributed by atoms with Crippen molar-refractivity contribution in [3.8, 4) is 5.75 Å². The van der Waals surface area contributed by atoms with Crippen molar-refractivity contribution in [2.24, 2.45) is 0 Å². The Morgan fingerprint density at radius 2 is 1.68 bits per heavy atom. The Hall–Kier alpha value is -3.48. The van der Waals surface area contributed by atoms with Crippen LogP contribution in [-0.4, -0.2) is 64.6 Å². The molecule has 3 fully saturated rings. The Morgan fingerprint density at radius 1 is 0.915 bits per heavy atom. The Morgan fingerprint density at radius 3 is 2.45 bits per heavy atom. The first-order valence-corrected chi connectivity index (χ1v) is 17.8. The highest BCUT2D eigenvalue weighted by Gasteiger charge is 2.26. The standard InChI is InChI=1S/C35H51N7O5/c1-41(27-13-5-4-6-14-27)33-32-34(42(25-36-32)30-16-8-11-23-45-30)39-35(38-33)37-26-18-20-28(21-19-26)44-22-10-3-2-7-15-29(43)40-47-31-17-9-12-24-46-31/h18-21,25,27,30-31H,2-17,22-24H2,1H3,(H,40,43)(H,37,38,39). The number of aromatic nitrogens is 4. The molecule has 1 aliphatic carbocycles. The average molecular weight is 650 g/mol. The number of benzene rings is 1. The van der Waals surface area contributed by atoms with Crippen molar-refractivity contribution >= 4 is 34.5 Å². The molecule has 1 amide bonds. The van der Waals surface area contributed by atoms with Crippen LogP contribution in [0.5, 0.6) is 5.75 Å². The lowest BCUT2D eigenvalue weighted by Gasteiger charge is -2.32. The summed E-state index contributed by atoms with van der Waals surface area (Å²) in [7, 11) is 2.14. The number of imidazole rings is 1. The number of ether oxygens (including phenoxy) is 3. The number of hydrogen-bond acceptors (Lipinski definition) is 10. The van der Waals surface area contributed by atoms with E-state index in [-0.39, 0.29) is 18.4 Å². The van der Waals surface area contributed by atoms with E-state index < -0.39 is 0 Å². The monoisotopic (exact) mass is 649 g/mol. The molecule has 2 aromatic heterocycles. The van der Waals surface area contributed by atoms with E-state index in [1.54, 1.807) is 0 Å². The minimum absolute atomic E-state index is 0.0543. The van der Waals surface area contributed by atoms with Crippen LogP contribution in [0, 0.1) is 0 Å². The molecule has 0 bridgehead atoms. The van der Waals surface area contributed by atoms with Crippen molar-refractivity contribution < 1.29 is 23.8 Å². The second-order valence-electron chi connectivity index (χ2n) is 13.0. The minimum Gasteiger partial charge on any atom is -0.494 e. The summed E-state index contributed by atoms with van der Waals surface area (Å²) in [4.78, 5) is 34.4. The molecule has 3 aromatic rings. The molecule has 2 N–H and O–H groups in total. The fraction of sp³-hybridized carbons (Fsp3) is 0.657. The van der Waals surface area contributed by atoms with E-state index in [0.29, 0.717) is 31.6 Å². The zero-order valence-corrected chi connectivity index (χ0v) is 27.8. The number of fused-ring (bicyclic) bond motifs is 1. The van der Waals surface area contributed by atoms with Gasteiger partial charge in [-0.15, -0.1) is 0 Å². The molecule has 2 aliphatic heterocycles. The summed E-state index contributed by atoms with van der Waals surface area (Å²) in [6.45, 7) is 2.08. The smallest absolute Gasteiger partial charge is 0.243 e. The second-order valence-corrected chi connectivity index (χ2v) is 13.0. The summed E-state index contributed by atoms with van der Waals surface area (Å²) in [6.07, 6.45) is 17.9. The predicted molar refractivity (Wildman–Crippen MR) is 181 cm³/mol. The number of rotatable bonds is 15. The third-order valence-corrected chi connectivity index (χ3v) is 9.44. The number of nitrogens with zero attached hydrogens (tertiary/aromatic N) is 5. The molecule has 2 unspecified atom stereocenters. The van der Waals surface area contributed by atoms with E-state index >= 15 is 0 Å². The topological polar surface area (TPSA) is 125 Å². The molecule has 12 nitrogen and oxygen atoms in total. The van der Waals surface area contributed by atoms with Gasteiger partial charge in [0.15, 0.2) is 23.3 Å². The van der Waals surface area contributed by atoms with Crippen LogP contribution in [0.1, 0.15) is 109 Å². The van der Waals surface area contributed by atoms with Gasteiger partial charge in [-0.25, -0.2) is 15.3 Å². The van der Waals surface area contributed by atoms with Crippen LogP contribution in [0.3, 0.4) is 0 Å². The molecule has 1 aromatic carbocycles. The molecule has 3 aliphatic rings. The highest BCUT2D eigenvalue weighted by molar-refractivity contribution is 5.85. The Kier molecular flexibility index (Phi) is 12.1. The molecule has 2 saturated heterocycles. The molecule has 1 saturated carbocycles. The quantitative estimate of drug-likeness (QED) is 0.132. The first-order valence-electron chi connectivity index (χ1n) is 17.8. The SMILES string of the molecule is CN(c1nc(Nc2ccc(OCCCCCCC(=O)NOC3CCCCO3)cc2)nc2c1ncn2C1CCCCO1)C1CCCCC1. The lowest BCUT2D eigenvalue weighted by molar-refractivity contribution is -0.200. The van der Waals surface area contributed by atoms with Gasteiger partial charge in [-0.05, 0) is 82.1 Å². The van der Waals surface area contributed by atoms with Crippen LogP contribution in [0.4, 0.5) is 17.5 Å². The lowest BCUT2D eigenvalue weighted by Crippen LogP contribution is -2.34. The first-order chi connectivity index (χ1) is 23.1. The molecule has 12 heteroatoms. The number of anilines is 3. The van der Waals surface area contributed by atoms with Crippen LogP contribution in [0.2, 0.25) is 0 Å². The molecule has 2 atom stereocenters. The Bertz CT molecular complexity index is 1400. The maximum Gasteiger partial charge on any atom is 0.243 e. The molecule has 4 heterocycles. The number of nitrogens with one attached hydrogen (secondary N) is 2. The molecule has 6 rings (SSSR count). The van der Waals surface area contributed by atoms with Crippen molar-refractivity contribution in [1.82, 2.24) is 25.0 Å². The van der Waals surface area contributed by atoms with E-state index in [9.17, 15) is 4.79 Å². The fourth-order valence-corrected chi connectivity index (χ4v) is 6.68. The predicted octanol–water partition coefficient (Wildman–Crippen LogP) is 6.94. The zero-order chi connectivity index (χ0) is 32.3. The van der Waals surface area contributed by atoms with E-state index in [1.807, 2.05) is 30.6 Å². The summed E-state index contributed by atoms with van der Waals surface area (Å²) in [5.74, 6) is 2.13. The third kappa shape index (κ3) is 9.33. The maximum absolute atomic E-state index is 12.0. The summed E-state index contributed by atoms with van der Waals surface area (Å²) in [5, 5.41) is 3.43. The maximum atomic E-state index is 12.0. The normalized spacial score (nSPS) is 20.6. The number of unbranched alkanes of at least 4 members (excludes halogenated alkanes) is 3. The van der Waals surface area contributed by atoms with E-state index in [1.165, 1.54) is 32.1 Å². The number of amides is 1. The average Bonchev–Trinajstić information content (AvgIpc) is 3.55. The van der Waals surface area contributed by atoms with Gasteiger partial charge in [0.05, 0.1) is 12.9 Å². The largest absolute Gasteiger partial charge is 0.494 e. The van der Waals surface area contributed by atoms with E-state index in [2.05, 4.69) is 27.3 Å². The number of carbonyl (C=O) groups is 1. The van der Waals surface area contributed by atoms with Crippen molar-refractivity contribution in [2.45, 2.75) is 121 Å². The molecule has 0 radical (unpaired) electrons. The molecular formula is C35H51N7O5.